The van der Waals surface area contributed by atoms with E-state index < -0.39 is 5.82 Å². The maximum atomic E-state index is 13.5. The standard InChI is InChI=1S/C21H26FN3O3/c1-27-18-8-6-17(7-9-18)25-14-12-24(13-15-25)11-10-23-21(26)16-28-20-5-3-2-4-19(20)22/h2-9H,10-16H2,1H3,(H,23,26). The number of methoxy groups -OCH3 is 1. The minimum absolute atomic E-state index is 0.0901. The summed E-state index contributed by atoms with van der Waals surface area (Å²) in [7, 11) is 1.67. The average molecular weight is 387 g/mol. The predicted molar refractivity (Wildman–Crippen MR) is 107 cm³/mol. The molecule has 2 aromatic carbocycles. The molecule has 1 fully saturated rings. The van der Waals surface area contributed by atoms with Gasteiger partial charge in [-0.25, -0.2) is 4.39 Å². The Bertz CT molecular complexity index is 762. The molecule has 0 atom stereocenters. The molecule has 1 saturated heterocycles. The molecule has 1 heterocycles. The van der Waals surface area contributed by atoms with Crippen LogP contribution in [0, 0.1) is 5.82 Å². The number of hydrogen-bond acceptors (Lipinski definition) is 5. The second kappa shape index (κ2) is 9.94. The number of carbonyl (C=O) groups excluding carboxylic acids is 1. The van der Waals surface area contributed by atoms with Crippen LogP contribution in [0.15, 0.2) is 48.5 Å². The first kappa shape index (κ1) is 19.9. The van der Waals surface area contributed by atoms with Gasteiger partial charge in [-0.1, -0.05) is 12.1 Å². The number of benzene rings is 2. The van der Waals surface area contributed by atoms with Crippen LogP contribution in [0.4, 0.5) is 10.1 Å². The van der Waals surface area contributed by atoms with Crippen molar-refractivity contribution >= 4 is 11.6 Å². The molecule has 0 aromatic heterocycles. The van der Waals surface area contributed by atoms with Gasteiger partial charge in [-0.15, -0.1) is 0 Å². The fourth-order valence-electron chi connectivity index (χ4n) is 3.13. The van der Waals surface area contributed by atoms with Crippen LogP contribution in [0.25, 0.3) is 0 Å². The van der Waals surface area contributed by atoms with Crippen LogP contribution in [0.1, 0.15) is 0 Å². The summed E-state index contributed by atoms with van der Waals surface area (Å²) in [6.45, 7) is 4.89. The summed E-state index contributed by atoms with van der Waals surface area (Å²) in [5, 5.41) is 2.82. The second-order valence-electron chi connectivity index (χ2n) is 6.60. The van der Waals surface area contributed by atoms with E-state index >= 15 is 0 Å². The molecule has 3 rings (SSSR count). The van der Waals surface area contributed by atoms with Crippen LogP contribution in [0.5, 0.6) is 11.5 Å². The summed E-state index contributed by atoms with van der Waals surface area (Å²) in [5.41, 5.74) is 1.19. The minimum atomic E-state index is -0.468. The fraction of sp³-hybridized carbons (Fsp3) is 0.381. The van der Waals surface area contributed by atoms with Gasteiger partial charge in [-0.05, 0) is 36.4 Å². The highest BCUT2D eigenvalue weighted by Gasteiger charge is 2.17. The van der Waals surface area contributed by atoms with E-state index in [1.54, 1.807) is 19.2 Å². The molecule has 1 amide bonds. The molecular formula is C21H26FN3O3. The van der Waals surface area contributed by atoms with Crippen molar-refractivity contribution in [1.29, 1.82) is 0 Å². The first-order valence-electron chi connectivity index (χ1n) is 9.41. The summed E-state index contributed by atoms with van der Waals surface area (Å²) in [6, 6.07) is 14.2. The maximum absolute atomic E-state index is 13.5. The molecule has 2 aromatic rings. The molecule has 0 saturated carbocycles. The maximum Gasteiger partial charge on any atom is 0.257 e. The highest BCUT2D eigenvalue weighted by atomic mass is 19.1. The SMILES string of the molecule is COc1ccc(N2CCN(CCNC(=O)COc3ccccc3F)CC2)cc1. The number of halogens is 1. The Hall–Kier alpha value is -2.80. The van der Waals surface area contributed by atoms with E-state index in [1.807, 2.05) is 12.1 Å². The Morgan fingerprint density at radius 1 is 1.07 bits per heavy atom. The Kier molecular flexibility index (Phi) is 7.08. The summed E-state index contributed by atoms with van der Waals surface area (Å²) in [4.78, 5) is 16.5. The normalized spacial score (nSPS) is 14.6. The van der Waals surface area contributed by atoms with Gasteiger partial charge in [-0.3, -0.25) is 9.69 Å². The molecule has 0 spiro atoms. The number of ether oxygens (including phenoxy) is 2. The zero-order chi connectivity index (χ0) is 19.8. The molecule has 1 N–H and O–H groups in total. The zero-order valence-corrected chi connectivity index (χ0v) is 16.1. The molecule has 6 nitrogen and oxygen atoms in total. The van der Waals surface area contributed by atoms with Gasteiger partial charge in [0.1, 0.15) is 5.75 Å². The summed E-state index contributed by atoms with van der Waals surface area (Å²) < 4.78 is 23.9. The van der Waals surface area contributed by atoms with Crippen molar-refractivity contribution in [2.75, 3.05) is 57.9 Å². The number of rotatable bonds is 8. The van der Waals surface area contributed by atoms with Gasteiger partial charge < -0.3 is 19.7 Å². The van der Waals surface area contributed by atoms with E-state index in [0.29, 0.717) is 6.54 Å². The molecular weight excluding hydrogens is 361 g/mol. The largest absolute Gasteiger partial charge is 0.497 e. The van der Waals surface area contributed by atoms with E-state index in [2.05, 4.69) is 27.2 Å². The highest BCUT2D eigenvalue weighted by Crippen LogP contribution is 2.20. The quantitative estimate of drug-likeness (QED) is 0.752. The highest BCUT2D eigenvalue weighted by molar-refractivity contribution is 5.77. The molecule has 28 heavy (non-hydrogen) atoms. The van der Waals surface area contributed by atoms with E-state index in [-0.39, 0.29) is 18.3 Å². The third-order valence-electron chi connectivity index (χ3n) is 4.76. The lowest BCUT2D eigenvalue weighted by atomic mass is 10.2. The lowest BCUT2D eigenvalue weighted by molar-refractivity contribution is -0.123. The van der Waals surface area contributed by atoms with Crippen molar-refractivity contribution < 1.29 is 18.7 Å². The lowest BCUT2D eigenvalue weighted by Gasteiger charge is -2.36. The Morgan fingerprint density at radius 3 is 2.46 bits per heavy atom. The minimum Gasteiger partial charge on any atom is -0.497 e. The smallest absolute Gasteiger partial charge is 0.257 e. The molecule has 7 heteroatoms. The average Bonchev–Trinajstić information content (AvgIpc) is 2.74. The van der Waals surface area contributed by atoms with Crippen molar-refractivity contribution in [2.24, 2.45) is 0 Å². The molecule has 0 bridgehead atoms. The van der Waals surface area contributed by atoms with Crippen molar-refractivity contribution in [3.63, 3.8) is 0 Å². The number of carbonyl (C=O) groups is 1. The molecule has 0 unspecified atom stereocenters. The Morgan fingerprint density at radius 2 is 1.79 bits per heavy atom. The monoisotopic (exact) mass is 387 g/mol. The van der Waals surface area contributed by atoms with Gasteiger partial charge in [0.25, 0.3) is 5.91 Å². The van der Waals surface area contributed by atoms with E-state index in [9.17, 15) is 9.18 Å². The molecule has 1 aliphatic heterocycles. The van der Waals surface area contributed by atoms with Crippen LogP contribution in [0.3, 0.4) is 0 Å². The van der Waals surface area contributed by atoms with Gasteiger partial charge in [0, 0.05) is 45.0 Å². The topological polar surface area (TPSA) is 54.0 Å². The predicted octanol–water partition coefficient (Wildman–Crippen LogP) is 2.15. The number of hydrogen-bond donors (Lipinski definition) is 1. The summed E-state index contributed by atoms with van der Waals surface area (Å²) in [6.07, 6.45) is 0. The van der Waals surface area contributed by atoms with Crippen LogP contribution in [-0.4, -0.2) is 63.8 Å². The molecule has 0 aliphatic carbocycles. The summed E-state index contributed by atoms with van der Waals surface area (Å²) in [5.74, 6) is 0.231. The van der Waals surface area contributed by atoms with Gasteiger partial charge in [0.15, 0.2) is 18.2 Å². The number of amides is 1. The first-order chi connectivity index (χ1) is 13.7. The van der Waals surface area contributed by atoms with Gasteiger partial charge in [0.2, 0.25) is 0 Å². The van der Waals surface area contributed by atoms with Crippen LogP contribution in [-0.2, 0) is 4.79 Å². The van der Waals surface area contributed by atoms with E-state index in [4.69, 9.17) is 9.47 Å². The summed E-state index contributed by atoms with van der Waals surface area (Å²) >= 11 is 0. The fourth-order valence-corrected chi connectivity index (χ4v) is 3.13. The third kappa shape index (κ3) is 5.60. The number of para-hydroxylation sites is 1. The lowest BCUT2D eigenvalue weighted by Crippen LogP contribution is -2.48. The molecule has 0 radical (unpaired) electrons. The Balaban J connectivity index is 1.32. The molecule has 1 aliphatic rings. The van der Waals surface area contributed by atoms with Crippen LogP contribution in [0.2, 0.25) is 0 Å². The van der Waals surface area contributed by atoms with Crippen LogP contribution < -0.4 is 19.7 Å². The Labute approximate surface area is 164 Å². The van der Waals surface area contributed by atoms with E-state index in [1.165, 1.54) is 17.8 Å². The number of anilines is 1. The first-order valence-corrected chi connectivity index (χ1v) is 9.41. The van der Waals surface area contributed by atoms with Crippen molar-refractivity contribution in [3.8, 4) is 11.5 Å². The van der Waals surface area contributed by atoms with Gasteiger partial charge in [-0.2, -0.15) is 0 Å². The zero-order valence-electron chi connectivity index (χ0n) is 16.1. The number of nitrogens with zero attached hydrogens (tertiary/aromatic N) is 2. The van der Waals surface area contributed by atoms with Gasteiger partial charge >= 0.3 is 0 Å². The van der Waals surface area contributed by atoms with Crippen molar-refractivity contribution in [3.05, 3.63) is 54.3 Å². The number of nitrogens with one attached hydrogen (secondary N) is 1. The van der Waals surface area contributed by atoms with Crippen molar-refractivity contribution in [1.82, 2.24) is 10.2 Å². The number of piperazine rings is 1. The van der Waals surface area contributed by atoms with Gasteiger partial charge in [0.05, 0.1) is 7.11 Å². The van der Waals surface area contributed by atoms with E-state index in [0.717, 1.165) is 38.5 Å². The second-order valence-corrected chi connectivity index (χ2v) is 6.60. The molecule has 150 valence electrons. The van der Waals surface area contributed by atoms with Crippen molar-refractivity contribution in [2.45, 2.75) is 0 Å². The third-order valence-corrected chi connectivity index (χ3v) is 4.76. The van der Waals surface area contributed by atoms with Crippen LogP contribution >= 0.6 is 0 Å².